The van der Waals surface area contributed by atoms with E-state index in [2.05, 4.69) is 16.0 Å². The summed E-state index contributed by atoms with van der Waals surface area (Å²) in [5.41, 5.74) is 2.98. The number of aliphatic hydroxyl groups is 1. The Hall–Kier alpha value is -2.43. The fourth-order valence-corrected chi connectivity index (χ4v) is 3.42. The first kappa shape index (κ1) is 15.1. The van der Waals surface area contributed by atoms with E-state index in [9.17, 15) is 5.11 Å². The van der Waals surface area contributed by atoms with Gasteiger partial charge in [0.1, 0.15) is 28.5 Å². The highest BCUT2D eigenvalue weighted by molar-refractivity contribution is 5.98. The molecule has 4 heterocycles. The van der Waals surface area contributed by atoms with Crippen molar-refractivity contribution in [3.63, 3.8) is 0 Å². The summed E-state index contributed by atoms with van der Waals surface area (Å²) >= 11 is 0. The fraction of sp³-hybridized carbons (Fsp3) is 0.471. The summed E-state index contributed by atoms with van der Waals surface area (Å²) < 4.78 is 13.5. The molecule has 0 aromatic carbocycles. The lowest BCUT2D eigenvalue weighted by molar-refractivity contribution is -0.00951. The van der Waals surface area contributed by atoms with E-state index in [4.69, 9.17) is 14.4 Å². The molecule has 3 aromatic heterocycles. The zero-order valence-electron chi connectivity index (χ0n) is 13.3. The maximum atomic E-state index is 10.2. The number of nitrogens with zero attached hydrogens (tertiary/aromatic N) is 4. The predicted octanol–water partition coefficient (Wildman–Crippen LogP) is 2.86. The van der Waals surface area contributed by atoms with Crippen LogP contribution in [0.25, 0.3) is 22.1 Å². The van der Waals surface area contributed by atoms with E-state index in [0.717, 1.165) is 23.9 Å². The molecule has 0 amide bonds. The molecule has 24 heavy (non-hydrogen) atoms. The molecule has 1 N–H and O–H groups in total. The summed E-state index contributed by atoms with van der Waals surface area (Å²) in [4.78, 5) is 8.90. The normalized spacial score (nSPS) is 22.7. The van der Waals surface area contributed by atoms with Crippen LogP contribution < -0.4 is 0 Å². The average molecular weight is 326 g/mol. The molecule has 7 nitrogen and oxygen atoms in total. The lowest BCUT2D eigenvalue weighted by atomic mass is 10.0. The largest absolute Gasteiger partial charge is 0.460 e. The second kappa shape index (κ2) is 5.89. The minimum absolute atomic E-state index is 0.0127. The Labute approximate surface area is 138 Å². The Balaban J connectivity index is 1.82. The van der Waals surface area contributed by atoms with E-state index >= 15 is 0 Å². The summed E-state index contributed by atoms with van der Waals surface area (Å²) in [7, 11) is 0. The number of aliphatic hydroxyl groups excluding tert-OH is 1. The Bertz CT molecular complexity index is 913. The molecule has 0 aliphatic carbocycles. The Morgan fingerprint density at radius 2 is 2.33 bits per heavy atom. The van der Waals surface area contributed by atoms with Crippen molar-refractivity contribution >= 4 is 22.1 Å². The van der Waals surface area contributed by atoms with Gasteiger partial charge in [-0.1, -0.05) is 0 Å². The molecular formula is C17H18N4O3. The van der Waals surface area contributed by atoms with Crippen molar-refractivity contribution < 1.29 is 14.3 Å². The number of furan rings is 1. The number of imidazole rings is 1. The number of hydrogen-bond acceptors (Lipinski definition) is 6. The van der Waals surface area contributed by atoms with E-state index in [-0.39, 0.29) is 12.1 Å². The smallest absolute Gasteiger partial charge is 0.178 e. The highest BCUT2D eigenvalue weighted by Gasteiger charge is 2.29. The molecule has 1 unspecified atom stereocenters. The number of rotatable bonds is 3. The molecule has 7 heteroatoms. The zero-order chi connectivity index (χ0) is 16.7. The minimum Gasteiger partial charge on any atom is -0.460 e. The first-order chi connectivity index (χ1) is 11.7. The third-order valence-electron chi connectivity index (χ3n) is 4.55. The molecule has 0 spiro atoms. The Morgan fingerprint density at radius 1 is 1.46 bits per heavy atom. The minimum atomic E-state index is -0.709. The van der Waals surface area contributed by atoms with E-state index in [0.29, 0.717) is 30.0 Å². The molecule has 0 bridgehead atoms. The zero-order valence-corrected chi connectivity index (χ0v) is 13.3. The molecule has 1 fully saturated rings. The fourth-order valence-electron chi connectivity index (χ4n) is 3.42. The van der Waals surface area contributed by atoms with Crippen LogP contribution in [0.4, 0.5) is 0 Å². The van der Waals surface area contributed by atoms with Gasteiger partial charge in [-0.05, 0) is 19.8 Å². The van der Waals surface area contributed by atoms with Gasteiger partial charge in [-0.25, -0.2) is 4.98 Å². The second-order valence-electron chi connectivity index (χ2n) is 6.19. The highest BCUT2D eigenvalue weighted by atomic mass is 16.5. The van der Waals surface area contributed by atoms with Crippen LogP contribution >= 0.6 is 0 Å². The van der Waals surface area contributed by atoms with Crippen LogP contribution in [0.5, 0.6) is 0 Å². The molecule has 124 valence electrons. The summed E-state index contributed by atoms with van der Waals surface area (Å²) in [6.07, 6.45) is 4.67. The van der Waals surface area contributed by atoms with E-state index in [1.54, 1.807) is 19.4 Å². The molecule has 3 aromatic rings. The van der Waals surface area contributed by atoms with Crippen LogP contribution in [-0.2, 0) is 4.74 Å². The summed E-state index contributed by atoms with van der Waals surface area (Å²) in [6, 6.07) is 4.02. The molecule has 1 aliphatic heterocycles. The summed E-state index contributed by atoms with van der Waals surface area (Å²) in [6.45, 7) is 2.19. The number of nitriles is 1. The molecule has 0 saturated carbocycles. The monoisotopic (exact) mass is 326 g/mol. The first-order valence-electron chi connectivity index (χ1n) is 8.09. The number of fused-ring (bicyclic) bond motifs is 3. The SMILES string of the molecule is CC(O)c1nc2cnc3ccoc3c2n1[C@H]1CC[C@H](CC#N)OC1. The van der Waals surface area contributed by atoms with Gasteiger partial charge in [0.05, 0.1) is 43.7 Å². The van der Waals surface area contributed by atoms with Gasteiger partial charge in [-0.3, -0.25) is 4.98 Å². The van der Waals surface area contributed by atoms with Crippen molar-refractivity contribution in [1.82, 2.24) is 14.5 Å². The maximum Gasteiger partial charge on any atom is 0.178 e. The van der Waals surface area contributed by atoms with Gasteiger partial charge < -0.3 is 18.8 Å². The quantitative estimate of drug-likeness (QED) is 0.795. The van der Waals surface area contributed by atoms with Crippen molar-refractivity contribution in [1.29, 1.82) is 5.26 Å². The van der Waals surface area contributed by atoms with Crippen molar-refractivity contribution in [3.05, 3.63) is 24.4 Å². The van der Waals surface area contributed by atoms with Gasteiger partial charge in [0.15, 0.2) is 5.58 Å². The third-order valence-corrected chi connectivity index (χ3v) is 4.55. The van der Waals surface area contributed by atoms with Crippen molar-refractivity contribution in [2.45, 2.75) is 44.4 Å². The number of hydrogen-bond donors (Lipinski definition) is 1. The van der Waals surface area contributed by atoms with Crippen molar-refractivity contribution in [3.8, 4) is 6.07 Å². The van der Waals surface area contributed by atoms with E-state index in [1.807, 2.05) is 10.6 Å². The van der Waals surface area contributed by atoms with Crippen LogP contribution in [-0.4, -0.2) is 32.4 Å². The molecular weight excluding hydrogens is 308 g/mol. The van der Waals surface area contributed by atoms with Gasteiger partial charge in [0.25, 0.3) is 0 Å². The van der Waals surface area contributed by atoms with Gasteiger partial charge >= 0.3 is 0 Å². The summed E-state index contributed by atoms with van der Waals surface area (Å²) in [5.74, 6) is 0.586. The van der Waals surface area contributed by atoms with Gasteiger partial charge in [-0.15, -0.1) is 0 Å². The Morgan fingerprint density at radius 3 is 3.04 bits per heavy atom. The van der Waals surface area contributed by atoms with Gasteiger partial charge in [-0.2, -0.15) is 5.26 Å². The number of aromatic nitrogens is 3. The van der Waals surface area contributed by atoms with Gasteiger partial charge in [0, 0.05) is 6.07 Å². The Kier molecular flexibility index (Phi) is 3.71. The van der Waals surface area contributed by atoms with Crippen molar-refractivity contribution in [2.75, 3.05) is 6.61 Å². The van der Waals surface area contributed by atoms with E-state index < -0.39 is 6.10 Å². The van der Waals surface area contributed by atoms with Crippen LogP contribution in [0, 0.1) is 11.3 Å². The lowest BCUT2D eigenvalue weighted by Crippen LogP contribution is -2.29. The molecule has 1 aliphatic rings. The lowest BCUT2D eigenvalue weighted by Gasteiger charge is -2.30. The van der Waals surface area contributed by atoms with Gasteiger partial charge in [0.2, 0.25) is 0 Å². The van der Waals surface area contributed by atoms with Crippen LogP contribution in [0.15, 0.2) is 22.9 Å². The number of pyridine rings is 1. The first-order valence-corrected chi connectivity index (χ1v) is 8.09. The second-order valence-corrected chi connectivity index (χ2v) is 6.19. The van der Waals surface area contributed by atoms with Crippen LogP contribution in [0.3, 0.4) is 0 Å². The van der Waals surface area contributed by atoms with Crippen molar-refractivity contribution in [2.24, 2.45) is 0 Å². The van der Waals surface area contributed by atoms with E-state index in [1.165, 1.54) is 0 Å². The number of ether oxygens (including phenoxy) is 1. The average Bonchev–Trinajstić information content (AvgIpc) is 3.19. The topological polar surface area (TPSA) is 97.1 Å². The maximum absolute atomic E-state index is 10.2. The molecule has 1 saturated heterocycles. The van der Waals surface area contributed by atoms with Crippen LogP contribution in [0.1, 0.15) is 44.2 Å². The third kappa shape index (κ3) is 2.35. The predicted molar refractivity (Wildman–Crippen MR) is 86.2 cm³/mol. The summed E-state index contributed by atoms with van der Waals surface area (Å²) in [5, 5.41) is 19.0. The van der Waals surface area contributed by atoms with Crippen LogP contribution in [0.2, 0.25) is 0 Å². The standard InChI is InChI=1S/C17H18N4O3/c1-10(22)17-20-14-8-19-13-5-7-23-16(13)15(14)21(17)11-2-3-12(4-6-18)24-9-11/h5,7-8,10-12,22H,2-4,9H2,1H3/t10?,11-,12+/m0/s1. The molecule has 3 atom stereocenters. The molecule has 0 radical (unpaired) electrons. The molecule has 4 rings (SSSR count). The highest BCUT2D eigenvalue weighted by Crippen LogP contribution is 2.34.